The van der Waals surface area contributed by atoms with Gasteiger partial charge in [0.1, 0.15) is 36.2 Å². The molecule has 0 spiro atoms. The highest BCUT2D eigenvalue weighted by Crippen LogP contribution is 2.28. The highest BCUT2D eigenvalue weighted by molar-refractivity contribution is 5.89. The summed E-state index contributed by atoms with van der Waals surface area (Å²) in [4.78, 5) is 15.3. The predicted molar refractivity (Wildman–Crippen MR) is 73.0 cm³/mol. The molecule has 10 heteroatoms. The van der Waals surface area contributed by atoms with Crippen molar-refractivity contribution in [1.82, 2.24) is 25.1 Å². The van der Waals surface area contributed by atoms with Crippen LogP contribution in [0.2, 0.25) is 0 Å². The smallest absolute Gasteiger partial charge is 0.365 e. The summed E-state index contributed by atoms with van der Waals surface area (Å²) in [6.45, 7) is -0.594. The maximum atomic E-state index is 14.1. The lowest BCUT2D eigenvalue weighted by Gasteiger charge is -2.30. The molecule has 1 atom stereocenters. The molecule has 1 aromatic heterocycles. The molecule has 3 rings (SSSR count). The summed E-state index contributed by atoms with van der Waals surface area (Å²) in [5.74, 6) is -1.72. The van der Waals surface area contributed by atoms with Crippen molar-refractivity contribution >= 4 is 12.4 Å². The Morgan fingerprint density at radius 2 is 2.09 bits per heavy atom. The van der Waals surface area contributed by atoms with Crippen LogP contribution in [0.5, 0.6) is 0 Å². The van der Waals surface area contributed by atoms with E-state index >= 15 is 0 Å². The van der Waals surface area contributed by atoms with Crippen molar-refractivity contribution in [1.29, 1.82) is 0 Å². The Balaban J connectivity index is 1.97. The third kappa shape index (κ3) is 3.01. The molecule has 1 unspecified atom stereocenters. The molecule has 0 saturated carbocycles. The Hall–Kier alpha value is -2.88. The number of rotatable bonds is 5. The number of hydrazone groups is 1. The molecule has 2 aromatic rings. The number of urea groups is 1. The van der Waals surface area contributed by atoms with Gasteiger partial charge in [-0.05, 0) is 6.07 Å². The second kappa shape index (κ2) is 5.72. The number of benzene rings is 1. The van der Waals surface area contributed by atoms with Crippen LogP contribution in [0.4, 0.5) is 13.6 Å². The van der Waals surface area contributed by atoms with Crippen molar-refractivity contribution in [2.45, 2.75) is 12.1 Å². The largest absolute Gasteiger partial charge is 0.381 e. The summed E-state index contributed by atoms with van der Waals surface area (Å²) in [6.07, 6.45) is 3.60. The normalized spacial score (nSPS) is 16.5. The lowest BCUT2D eigenvalue weighted by atomic mass is 9.92. The van der Waals surface area contributed by atoms with Crippen LogP contribution in [0.15, 0.2) is 36.0 Å². The van der Waals surface area contributed by atoms with E-state index in [-0.39, 0.29) is 18.7 Å². The number of carbonyl (C=O) groups is 1. The van der Waals surface area contributed by atoms with Crippen LogP contribution in [0.3, 0.4) is 0 Å². The third-order valence-electron chi connectivity index (χ3n) is 3.31. The van der Waals surface area contributed by atoms with Crippen molar-refractivity contribution in [3.8, 4) is 0 Å². The topological polar surface area (TPSA) is 97.7 Å². The van der Waals surface area contributed by atoms with Crippen LogP contribution in [-0.2, 0) is 12.1 Å². The van der Waals surface area contributed by atoms with Gasteiger partial charge in [-0.3, -0.25) is 0 Å². The molecule has 1 aliphatic rings. The monoisotopic (exact) mass is 321 g/mol. The highest BCUT2D eigenvalue weighted by atomic mass is 19.1. The van der Waals surface area contributed by atoms with Gasteiger partial charge in [0.05, 0.1) is 13.1 Å². The van der Waals surface area contributed by atoms with Gasteiger partial charge in [-0.1, -0.05) is 6.07 Å². The van der Waals surface area contributed by atoms with Gasteiger partial charge in [-0.2, -0.15) is 15.5 Å². The van der Waals surface area contributed by atoms with Gasteiger partial charge in [0.2, 0.25) is 0 Å². The molecule has 2 amide bonds. The van der Waals surface area contributed by atoms with Gasteiger partial charge >= 0.3 is 6.03 Å². The van der Waals surface area contributed by atoms with E-state index in [9.17, 15) is 18.7 Å². The van der Waals surface area contributed by atoms with Crippen LogP contribution < -0.4 is 5.32 Å². The van der Waals surface area contributed by atoms with Crippen molar-refractivity contribution in [2.75, 3.05) is 6.54 Å². The summed E-state index contributed by atoms with van der Waals surface area (Å²) in [5.41, 5.74) is -2.09. The highest BCUT2D eigenvalue weighted by Gasteiger charge is 2.38. The Bertz CT molecular complexity index is 751. The average molecular weight is 321 g/mol. The van der Waals surface area contributed by atoms with Crippen molar-refractivity contribution in [2.24, 2.45) is 5.10 Å². The van der Waals surface area contributed by atoms with Gasteiger partial charge in [-0.15, -0.1) is 0 Å². The number of aliphatic hydroxyl groups is 1. The first-order chi connectivity index (χ1) is 11.0. The lowest BCUT2D eigenvalue weighted by molar-refractivity contribution is -0.0105. The van der Waals surface area contributed by atoms with E-state index in [0.717, 1.165) is 23.5 Å². The molecule has 1 radical (unpaired) electrons. The minimum Gasteiger partial charge on any atom is -0.381 e. The first kappa shape index (κ1) is 15.0. The molecule has 0 aliphatic carbocycles. The molecule has 0 fully saturated rings. The summed E-state index contributed by atoms with van der Waals surface area (Å²) in [5, 5.41) is 22.8. The van der Waals surface area contributed by atoms with E-state index < -0.39 is 23.3 Å². The Labute approximate surface area is 129 Å². The van der Waals surface area contributed by atoms with E-state index in [1.54, 1.807) is 0 Å². The molecular formula is C13H11F2N6O2. The number of hydrogen-bond donors (Lipinski definition) is 1. The van der Waals surface area contributed by atoms with Gasteiger partial charge in [0.25, 0.3) is 0 Å². The molecule has 8 nitrogen and oxygen atoms in total. The number of halogens is 2. The van der Waals surface area contributed by atoms with Gasteiger partial charge < -0.3 is 5.11 Å². The van der Waals surface area contributed by atoms with Gasteiger partial charge in [0.15, 0.2) is 0 Å². The lowest BCUT2D eigenvalue weighted by Crippen LogP contribution is -2.44. The molecule has 1 aromatic carbocycles. The number of β-amino-alcohol motifs (C(OH)–C–C–N with tert-alkyl or cyclic N) is 1. The van der Waals surface area contributed by atoms with Crippen LogP contribution in [0.25, 0.3) is 0 Å². The summed E-state index contributed by atoms with van der Waals surface area (Å²) in [6, 6.07) is 2.10. The molecule has 0 bridgehead atoms. The molecule has 1 aliphatic heterocycles. The molecule has 23 heavy (non-hydrogen) atoms. The molecule has 119 valence electrons. The number of hydrogen-bond acceptors (Lipinski definition) is 5. The number of amides is 2. The van der Waals surface area contributed by atoms with E-state index in [1.165, 1.54) is 17.3 Å². The summed E-state index contributed by atoms with van der Waals surface area (Å²) >= 11 is 0. The van der Waals surface area contributed by atoms with Crippen LogP contribution in [0, 0.1) is 11.6 Å². The Morgan fingerprint density at radius 1 is 1.26 bits per heavy atom. The minimum atomic E-state index is -1.90. The number of aromatic nitrogens is 3. The maximum absolute atomic E-state index is 14.1. The number of nitrogens with zero attached hydrogens (tertiary/aromatic N) is 6. The fourth-order valence-corrected chi connectivity index (χ4v) is 2.28. The Kier molecular flexibility index (Phi) is 3.74. The van der Waals surface area contributed by atoms with Crippen molar-refractivity contribution < 1.29 is 18.7 Å². The maximum Gasteiger partial charge on any atom is 0.365 e. The minimum absolute atomic E-state index is 0.190. The second-order valence-electron chi connectivity index (χ2n) is 4.95. The Morgan fingerprint density at radius 3 is 2.70 bits per heavy atom. The van der Waals surface area contributed by atoms with Crippen molar-refractivity contribution in [3.63, 3.8) is 0 Å². The molecule has 1 N–H and O–H groups in total. The van der Waals surface area contributed by atoms with Crippen LogP contribution >= 0.6 is 0 Å². The zero-order chi connectivity index (χ0) is 16.4. The van der Waals surface area contributed by atoms with E-state index in [2.05, 4.69) is 20.5 Å². The van der Waals surface area contributed by atoms with E-state index in [1.807, 2.05) is 0 Å². The SMILES string of the molecule is O=C1[N]C=NN1CC(O)(Cn1cncn1)c1ccc(F)cc1F. The van der Waals surface area contributed by atoms with Crippen molar-refractivity contribution in [3.05, 3.63) is 48.1 Å². The number of carbonyl (C=O) groups excluding carboxylic acids is 1. The molecule has 2 heterocycles. The van der Waals surface area contributed by atoms with Gasteiger partial charge in [-0.25, -0.2) is 28.3 Å². The first-order valence-electron chi connectivity index (χ1n) is 6.53. The summed E-state index contributed by atoms with van der Waals surface area (Å²) in [7, 11) is 0. The average Bonchev–Trinajstić information content (AvgIpc) is 3.11. The van der Waals surface area contributed by atoms with Gasteiger partial charge in [0, 0.05) is 11.6 Å². The zero-order valence-corrected chi connectivity index (χ0v) is 11.7. The third-order valence-corrected chi connectivity index (χ3v) is 3.31. The first-order valence-corrected chi connectivity index (χ1v) is 6.53. The zero-order valence-electron chi connectivity index (χ0n) is 11.7. The van der Waals surface area contributed by atoms with E-state index in [4.69, 9.17) is 0 Å². The van der Waals surface area contributed by atoms with Crippen LogP contribution in [0.1, 0.15) is 5.56 Å². The fourth-order valence-electron chi connectivity index (χ4n) is 2.28. The summed E-state index contributed by atoms with van der Waals surface area (Å²) < 4.78 is 28.5. The molecule has 0 saturated heterocycles. The quantitative estimate of drug-likeness (QED) is 0.863. The second-order valence-corrected chi connectivity index (χ2v) is 4.95. The van der Waals surface area contributed by atoms with E-state index in [0.29, 0.717) is 6.07 Å². The molecular weight excluding hydrogens is 310 g/mol. The fraction of sp³-hybridized carbons (Fsp3) is 0.231. The predicted octanol–water partition coefficient (Wildman–Crippen LogP) is 0.427. The van der Waals surface area contributed by atoms with Crippen LogP contribution in [-0.4, -0.2) is 43.8 Å². The standard InChI is InChI=1S/C13H11F2N6O2/c14-9-1-2-10(11(15)3-9)13(23,4-20-8-16-6-18-20)5-21-12(22)17-7-19-21/h1-3,6-8,23H,4-5H2.